The molecule has 0 spiro atoms. The lowest BCUT2D eigenvalue weighted by Gasteiger charge is -2.10. The molecule has 0 radical (unpaired) electrons. The first-order chi connectivity index (χ1) is 11.6. The molecule has 0 heterocycles. The third kappa shape index (κ3) is 3.29. The highest BCUT2D eigenvalue weighted by molar-refractivity contribution is 9.10. The average molecular weight is 384 g/mol. The highest BCUT2D eigenvalue weighted by Gasteiger charge is 2.14. The van der Waals surface area contributed by atoms with Crippen molar-refractivity contribution in [3.8, 4) is 5.75 Å². The molecule has 0 saturated heterocycles. The Morgan fingerprint density at radius 3 is 2.58 bits per heavy atom. The first-order valence-corrected chi connectivity index (χ1v) is 8.60. The molecule has 3 rings (SSSR count). The Balaban J connectivity index is 2.05. The molecule has 0 aliphatic heterocycles. The summed E-state index contributed by atoms with van der Waals surface area (Å²) in [6.45, 7) is 2.57. The Labute approximate surface area is 149 Å². The summed E-state index contributed by atoms with van der Waals surface area (Å²) in [6, 6.07) is 17.3. The molecule has 3 aromatic carbocycles. The maximum Gasteiger partial charge on any atom is 0.195 e. The number of rotatable bonds is 5. The van der Waals surface area contributed by atoms with Gasteiger partial charge in [0.15, 0.2) is 5.78 Å². The molecule has 1 N–H and O–H groups in total. The fourth-order valence-corrected chi connectivity index (χ4v) is 3.06. The quantitative estimate of drug-likeness (QED) is 0.609. The van der Waals surface area contributed by atoms with Gasteiger partial charge in [0.2, 0.25) is 0 Å². The molecule has 0 aliphatic rings. The lowest BCUT2D eigenvalue weighted by Crippen LogP contribution is -2.05. The maximum absolute atomic E-state index is 12.9. The fraction of sp³-hybridized carbons (Fsp3) is 0.150. The van der Waals surface area contributed by atoms with Crippen molar-refractivity contribution in [3.63, 3.8) is 0 Å². The van der Waals surface area contributed by atoms with Gasteiger partial charge in [-0.25, -0.2) is 0 Å². The fourth-order valence-electron chi connectivity index (χ4n) is 2.70. The van der Waals surface area contributed by atoms with E-state index in [1.54, 1.807) is 0 Å². The van der Waals surface area contributed by atoms with Gasteiger partial charge in [-0.05, 0) is 54.1 Å². The van der Waals surface area contributed by atoms with Gasteiger partial charge in [0.05, 0.1) is 6.61 Å². The van der Waals surface area contributed by atoms with Gasteiger partial charge in [0.1, 0.15) is 5.75 Å². The predicted molar refractivity (Wildman–Crippen MR) is 102 cm³/mol. The van der Waals surface area contributed by atoms with Crippen molar-refractivity contribution in [1.29, 1.82) is 0 Å². The number of anilines is 1. The number of fused-ring (bicyclic) bond motifs is 1. The number of carbonyl (C=O) groups is 1. The van der Waals surface area contributed by atoms with E-state index in [0.29, 0.717) is 17.7 Å². The number of ketones is 1. The number of nitrogens with one attached hydrogen (secondary N) is 1. The third-order valence-corrected chi connectivity index (χ3v) is 4.37. The van der Waals surface area contributed by atoms with Crippen molar-refractivity contribution in [3.05, 3.63) is 70.2 Å². The zero-order valence-corrected chi connectivity index (χ0v) is 15.2. The molecule has 4 heteroatoms. The van der Waals surface area contributed by atoms with Gasteiger partial charge < -0.3 is 10.1 Å². The summed E-state index contributed by atoms with van der Waals surface area (Å²) in [6.07, 6.45) is 0. The molecule has 0 bridgehead atoms. The number of benzene rings is 3. The van der Waals surface area contributed by atoms with Gasteiger partial charge in [0, 0.05) is 28.3 Å². The topological polar surface area (TPSA) is 38.3 Å². The summed E-state index contributed by atoms with van der Waals surface area (Å²) in [4.78, 5) is 12.9. The third-order valence-electron chi connectivity index (χ3n) is 3.88. The predicted octanol–water partition coefficient (Wildman–Crippen LogP) is 5.27. The van der Waals surface area contributed by atoms with Crippen LogP contribution in [-0.4, -0.2) is 19.4 Å². The zero-order valence-electron chi connectivity index (χ0n) is 13.6. The lowest BCUT2D eigenvalue weighted by molar-refractivity contribution is 0.103. The number of halogens is 1. The summed E-state index contributed by atoms with van der Waals surface area (Å²) >= 11 is 3.44. The minimum atomic E-state index is -0.00985. The highest BCUT2D eigenvalue weighted by Crippen LogP contribution is 2.26. The molecule has 0 aromatic heterocycles. The first kappa shape index (κ1) is 16.5. The van der Waals surface area contributed by atoms with Crippen LogP contribution in [0.5, 0.6) is 5.75 Å². The monoisotopic (exact) mass is 383 g/mol. The second-order valence-corrected chi connectivity index (χ2v) is 6.34. The Morgan fingerprint density at radius 2 is 1.83 bits per heavy atom. The molecule has 3 aromatic rings. The molecule has 0 saturated carbocycles. The van der Waals surface area contributed by atoms with E-state index in [1.807, 2.05) is 68.6 Å². The second kappa shape index (κ2) is 7.05. The molecule has 24 heavy (non-hydrogen) atoms. The van der Waals surface area contributed by atoms with Crippen LogP contribution in [0.2, 0.25) is 0 Å². The van der Waals surface area contributed by atoms with Crippen LogP contribution in [0.15, 0.2) is 59.1 Å². The Hall–Kier alpha value is -2.33. The van der Waals surface area contributed by atoms with Crippen LogP contribution in [0.25, 0.3) is 10.8 Å². The van der Waals surface area contributed by atoms with E-state index < -0.39 is 0 Å². The SMILES string of the molecule is CCOc1ccc2ccc(C(=O)c3cc(Br)ccc3NC)cc2c1. The van der Waals surface area contributed by atoms with Crippen LogP contribution >= 0.6 is 15.9 Å². The zero-order chi connectivity index (χ0) is 17.1. The summed E-state index contributed by atoms with van der Waals surface area (Å²) in [5.41, 5.74) is 2.12. The molecular formula is C20H18BrNO2. The van der Waals surface area contributed by atoms with Crippen LogP contribution in [-0.2, 0) is 0 Å². The number of hydrogen-bond donors (Lipinski definition) is 1. The first-order valence-electron chi connectivity index (χ1n) is 7.81. The summed E-state index contributed by atoms with van der Waals surface area (Å²) < 4.78 is 6.43. The molecule has 3 nitrogen and oxygen atoms in total. The molecular weight excluding hydrogens is 366 g/mol. The lowest BCUT2D eigenvalue weighted by atomic mass is 9.98. The molecule has 0 atom stereocenters. The normalized spacial score (nSPS) is 10.6. The molecule has 0 fully saturated rings. The van der Waals surface area contributed by atoms with Gasteiger partial charge >= 0.3 is 0 Å². The van der Waals surface area contributed by atoms with E-state index in [0.717, 1.165) is 26.7 Å². The van der Waals surface area contributed by atoms with E-state index in [9.17, 15) is 4.79 Å². The highest BCUT2D eigenvalue weighted by atomic mass is 79.9. The van der Waals surface area contributed by atoms with E-state index >= 15 is 0 Å². The molecule has 122 valence electrons. The van der Waals surface area contributed by atoms with E-state index in [-0.39, 0.29) is 5.78 Å². The van der Waals surface area contributed by atoms with Crippen LogP contribution in [0.3, 0.4) is 0 Å². The minimum absolute atomic E-state index is 0.00985. The van der Waals surface area contributed by atoms with Crippen molar-refractivity contribution in [1.82, 2.24) is 0 Å². The summed E-state index contributed by atoms with van der Waals surface area (Å²) in [5.74, 6) is 0.803. The minimum Gasteiger partial charge on any atom is -0.494 e. The molecule has 0 aliphatic carbocycles. The average Bonchev–Trinajstić information content (AvgIpc) is 2.60. The van der Waals surface area contributed by atoms with Crippen molar-refractivity contribution in [2.75, 3.05) is 19.0 Å². The maximum atomic E-state index is 12.9. The molecule has 0 amide bonds. The van der Waals surface area contributed by atoms with Crippen molar-refractivity contribution >= 4 is 38.2 Å². The smallest absolute Gasteiger partial charge is 0.195 e. The molecule has 0 unspecified atom stereocenters. The van der Waals surface area contributed by atoms with Crippen LogP contribution < -0.4 is 10.1 Å². The second-order valence-electron chi connectivity index (χ2n) is 5.43. The Kier molecular flexibility index (Phi) is 4.86. The number of hydrogen-bond acceptors (Lipinski definition) is 3. The summed E-state index contributed by atoms with van der Waals surface area (Å²) in [5, 5.41) is 5.15. The van der Waals surface area contributed by atoms with Gasteiger partial charge in [-0.1, -0.05) is 34.1 Å². The van der Waals surface area contributed by atoms with Gasteiger partial charge in [-0.3, -0.25) is 4.79 Å². The number of ether oxygens (including phenoxy) is 1. The van der Waals surface area contributed by atoms with Gasteiger partial charge in [0.25, 0.3) is 0 Å². The van der Waals surface area contributed by atoms with Crippen LogP contribution in [0, 0.1) is 0 Å². The van der Waals surface area contributed by atoms with Crippen LogP contribution in [0.4, 0.5) is 5.69 Å². The van der Waals surface area contributed by atoms with E-state index in [4.69, 9.17) is 4.74 Å². The van der Waals surface area contributed by atoms with Crippen molar-refractivity contribution in [2.45, 2.75) is 6.92 Å². The Bertz CT molecular complexity index is 905. The number of carbonyl (C=O) groups excluding carboxylic acids is 1. The Morgan fingerprint density at radius 1 is 1.04 bits per heavy atom. The standard InChI is InChI=1S/C20H18BrNO2/c1-3-24-17-8-6-13-4-5-14(10-15(13)11-17)20(23)18-12-16(21)7-9-19(18)22-2/h4-12,22H,3H2,1-2H3. The van der Waals surface area contributed by atoms with Crippen molar-refractivity contribution < 1.29 is 9.53 Å². The van der Waals surface area contributed by atoms with Gasteiger partial charge in [-0.2, -0.15) is 0 Å². The van der Waals surface area contributed by atoms with Crippen LogP contribution in [0.1, 0.15) is 22.8 Å². The largest absolute Gasteiger partial charge is 0.494 e. The summed E-state index contributed by atoms with van der Waals surface area (Å²) in [7, 11) is 1.81. The van der Waals surface area contributed by atoms with Gasteiger partial charge in [-0.15, -0.1) is 0 Å². The van der Waals surface area contributed by atoms with E-state index in [2.05, 4.69) is 21.2 Å². The van der Waals surface area contributed by atoms with E-state index in [1.165, 1.54) is 0 Å². The van der Waals surface area contributed by atoms with Crippen molar-refractivity contribution in [2.24, 2.45) is 0 Å².